The molecule has 0 saturated carbocycles. The zero-order chi connectivity index (χ0) is 23.1. The fourth-order valence-corrected chi connectivity index (χ4v) is 5.53. The Kier molecular flexibility index (Phi) is 5.27. The first-order valence-corrected chi connectivity index (χ1v) is 12.0. The van der Waals surface area contributed by atoms with Gasteiger partial charge in [-0.2, -0.15) is 0 Å². The van der Waals surface area contributed by atoms with E-state index in [1.165, 1.54) is 32.7 Å². The maximum Gasteiger partial charge on any atom is 0.169 e. The number of carbonyl (C=O) groups is 1. The lowest BCUT2D eigenvalue weighted by Gasteiger charge is -2.30. The van der Waals surface area contributed by atoms with E-state index in [4.69, 9.17) is 11.6 Å². The Hall–Kier alpha value is -3.69. The van der Waals surface area contributed by atoms with Crippen molar-refractivity contribution in [3.63, 3.8) is 0 Å². The van der Waals surface area contributed by atoms with Crippen molar-refractivity contribution in [3.8, 4) is 11.1 Å². The molecule has 3 aromatic rings. The highest BCUT2D eigenvalue weighted by molar-refractivity contribution is 6.29. The molecule has 1 N–H and O–H groups in total. The van der Waals surface area contributed by atoms with Crippen molar-refractivity contribution < 1.29 is 4.79 Å². The van der Waals surface area contributed by atoms with E-state index >= 15 is 0 Å². The number of fused-ring (bicyclic) bond motifs is 5. The minimum Gasteiger partial charge on any atom is -0.364 e. The molecule has 3 nitrogen and oxygen atoms in total. The molecule has 0 fully saturated rings. The molecule has 0 amide bonds. The van der Waals surface area contributed by atoms with Crippen molar-refractivity contribution in [1.29, 1.82) is 0 Å². The zero-order valence-electron chi connectivity index (χ0n) is 18.5. The summed E-state index contributed by atoms with van der Waals surface area (Å²) in [5.41, 5.74) is 6.81. The smallest absolute Gasteiger partial charge is 0.169 e. The predicted molar refractivity (Wildman–Crippen MR) is 138 cm³/mol. The number of halogens is 1. The van der Waals surface area contributed by atoms with Gasteiger partial charge in [0.05, 0.1) is 0 Å². The number of ketones is 1. The van der Waals surface area contributed by atoms with Gasteiger partial charge >= 0.3 is 0 Å². The Morgan fingerprint density at radius 3 is 2.82 bits per heavy atom. The third kappa shape index (κ3) is 3.63. The normalized spacial score (nSPS) is 19.9. The van der Waals surface area contributed by atoms with Crippen LogP contribution in [0.3, 0.4) is 0 Å². The van der Waals surface area contributed by atoms with Crippen LogP contribution < -0.4 is 15.8 Å². The molecular weight excluding hydrogens is 440 g/mol. The van der Waals surface area contributed by atoms with Gasteiger partial charge in [-0.25, -0.2) is 4.98 Å². The van der Waals surface area contributed by atoms with E-state index in [1.54, 1.807) is 18.3 Å². The summed E-state index contributed by atoms with van der Waals surface area (Å²) >= 11 is 6.11. The first-order valence-electron chi connectivity index (χ1n) is 11.6. The molecule has 0 spiro atoms. The molecule has 1 aromatic heterocycles. The second kappa shape index (κ2) is 8.58. The number of nitrogens with one attached hydrogen (secondary N) is 1. The molecule has 0 saturated heterocycles. The number of hydrogen-bond acceptors (Lipinski definition) is 3. The molecular formula is C30H23ClN2O. The van der Waals surface area contributed by atoms with Crippen molar-refractivity contribution in [2.75, 3.05) is 0 Å². The van der Waals surface area contributed by atoms with Crippen molar-refractivity contribution in [1.82, 2.24) is 10.3 Å². The zero-order valence-corrected chi connectivity index (χ0v) is 19.3. The quantitative estimate of drug-likeness (QED) is 0.437. The maximum absolute atomic E-state index is 13.6. The van der Waals surface area contributed by atoms with Crippen LogP contribution in [-0.4, -0.2) is 10.8 Å². The summed E-state index contributed by atoms with van der Waals surface area (Å²) in [6, 6.07) is 16.5. The second-order valence-corrected chi connectivity index (χ2v) is 9.29. The summed E-state index contributed by atoms with van der Waals surface area (Å²) in [5.74, 6) is -0.101. The van der Waals surface area contributed by atoms with E-state index in [9.17, 15) is 4.79 Å². The molecule has 2 aromatic carbocycles. The number of Topliss-reactive ketones (excluding diaryl/α,β-unsaturated/α-hetero) is 1. The summed E-state index contributed by atoms with van der Waals surface area (Å²) in [7, 11) is 0. The fourth-order valence-electron chi connectivity index (χ4n) is 5.36. The number of rotatable bonds is 3. The van der Waals surface area contributed by atoms with Crippen LogP contribution in [0.2, 0.25) is 5.15 Å². The predicted octanol–water partition coefficient (Wildman–Crippen LogP) is 5.06. The van der Waals surface area contributed by atoms with Gasteiger partial charge in [0, 0.05) is 35.5 Å². The largest absolute Gasteiger partial charge is 0.364 e. The number of aromatic nitrogens is 1. The number of hydrogen-bond donors (Lipinski definition) is 1. The molecule has 6 rings (SSSR count). The monoisotopic (exact) mass is 462 g/mol. The van der Waals surface area contributed by atoms with Crippen molar-refractivity contribution in [2.45, 2.75) is 18.8 Å². The molecule has 166 valence electrons. The van der Waals surface area contributed by atoms with E-state index in [0.29, 0.717) is 17.1 Å². The topological polar surface area (TPSA) is 42.0 Å². The van der Waals surface area contributed by atoms with Gasteiger partial charge in [-0.1, -0.05) is 72.3 Å². The van der Waals surface area contributed by atoms with Crippen LogP contribution in [0.25, 0.3) is 23.3 Å². The molecule has 4 heteroatoms. The maximum atomic E-state index is 13.6. The lowest BCUT2D eigenvalue weighted by atomic mass is 9.75. The van der Waals surface area contributed by atoms with Crippen molar-refractivity contribution in [3.05, 3.63) is 123 Å². The second-order valence-electron chi connectivity index (χ2n) is 8.90. The number of pyridine rings is 1. The Morgan fingerprint density at radius 2 is 1.91 bits per heavy atom. The van der Waals surface area contributed by atoms with Crippen LogP contribution in [-0.2, 0) is 6.42 Å². The van der Waals surface area contributed by atoms with E-state index in [0.717, 1.165) is 12.1 Å². The Labute approximate surface area is 203 Å². The third-order valence-corrected chi connectivity index (χ3v) is 7.16. The third-order valence-electron chi connectivity index (χ3n) is 6.95. The lowest BCUT2D eigenvalue weighted by Crippen LogP contribution is -2.39. The van der Waals surface area contributed by atoms with Crippen LogP contribution in [0, 0.1) is 5.92 Å². The van der Waals surface area contributed by atoms with Crippen LogP contribution in [0.5, 0.6) is 0 Å². The Bertz CT molecular complexity index is 1530. The van der Waals surface area contributed by atoms with Gasteiger partial charge in [-0.05, 0) is 69.8 Å². The first-order chi connectivity index (χ1) is 16.7. The van der Waals surface area contributed by atoms with E-state index < -0.39 is 0 Å². The molecule has 3 aliphatic rings. The fraction of sp³-hybridized carbons (Fsp3) is 0.133. The van der Waals surface area contributed by atoms with E-state index in [2.05, 4.69) is 64.9 Å². The summed E-state index contributed by atoms with van der Waals surface area (Å²) < 4.78 is 0. The standard InChI is InChI=1S/C30H23ClN2O/c31-29-18-20(13-15-33-29)30(34)21-16-26-24-10-9-19-6-3-4-7-22(19)23(24)11-12-25(26)27(17-21)28-8-2-1-5-14-32-28/h1-8,10-16,18,21,27,32H,9,17H2. The summed E-state index contributed by atoms with van der Waals surface area (Å²) in [4.78, 5) is 17.7. The summed E-state index contributed by atoms with van der Waals surface area (Å²) in [5, 5.41) is 6.18. The molecule has 2 atom stereocenters. The van der Waals surface area contributed by atoms with Crippen LogP contribution in [0.4, 0.5) is 0 Å². The average Bonchev–Trinajstić information content (AvgIpc) is 3.17. The molecule has 2 heterocycles. The van der Waals surface area contributed by atoms with Crippen molar-refractivity contribution in [2.24, 2.45) is 5.92 Å². The van der Waals surface area contributed by atoms with Gasteiger partial charge in [-0.3, -0.25) is 4.79 Å². The molecule has 34 heavy (non-hydrogen) atoms. The molecule has 1 aliphatic heterocycles. The van der Waals surface area contributed by atoms with Gasteiger partial charge in [0.25, 0.3) is 0 Å². The van der Waals surface area contributed by atoms with E-state index in [-0.39, 0.29) is 17.6 Å². The summed E-state index contributed by atoms with van der Waals surface area (Å²) in [6.07, 6.45) is 17.8. The SMILES string of the molecule is O=C(c1ccnc(Cl)c1)C1C=c2c(ccc3c2=CCc2ccccc2-3)C(C2=CC=CC=CN2)C1. The number of benzene rings is 2. The Balaban J connectivity index is 1.55. The highest BCUT2D eigenvalue weighted by Crippen LogP contribution is 2.35. The first kappa shape index (κ1) is 20.9. The van der Waals surface area contributed by atoms with Crippen LogP contribution >= 0.6 is 11.6 Å². The molecule has 2 aliphatic carbocycles. The molecule has 0 bridgehead atoms. The van der Waals surface area contributed by atoms with Gasteiger partial charge in [0.1, 0.15) is 5.15 Å². The van der Waals surface area contributed by atoms with Gasteiger partial charge in [-0.15, -0.1) is 0 Å². The molecule has 0 radical (unpaired) electrons. The highest BCUT2D eigenvalue weighted by atomic mass is 35.5. The number of allylic oxidation sites excluding steroid dienone is 5. The molecule has 2 unspecified atom stereocenters. The van der Waals surface area contributed by atoms with Gasteiger partial charge in [0.2, 0.25) is 0 Å². The lowest BCUT2D eigenvalue weighted by molar-refractivity contribution is 0.0943. The highest BCUT2D eigenvalue weighted by Gasteiger charge is 2.31. The number of nitrogens with zero attached hydrogens (tertiary/aromatic N) is 1. The number of carbonyl (C=O) groups excluding carboxylic acids is 1. The van der Waals surface area contributed by atoms with Gasteiger partial charge < -0.3 is 5.32 Å². The Morgan fingerprint density at radius 1 is 1.00 bits per heavy atom. The minimum atomic E-state index is -0.257. The summed E-state index contributed by atoms with van der Waals surface area (Å²) in [6.45, 7) is 0. The van der Waals surface area contributed by atoms with Crippen LogP contribution in [0.15, 0.2) is 90.9 Å². The van der Waals surface area contributed by atoms with Crippen LogP contribution in [0.1, 0.15) is 33.8 Å². The van der Waals surface area contributed by atoms with Crippen molar-refractivity contribution >= 4 is 29.5 Å². The van der Waals surface area contributed by atoms with E-state index in [1.807, 2.05) is 24.4 Å². The average molecular weight is 463 g/mol. The van der Waals surface area contributed by atoms with Gasteiger partial charge in [0.15, 0.2) is 5.78 Å². The minimum absolute atomic E-state index is 0.0778.